The summed E-state index contributed by atoms with van der Waals surface area (Å²) < 4.78 is 0. The molecule has 1 fully saturated rings. The Morgan fingerprint density at radius 2 is 2.36 bits per heavy atom. The highest BCUT2D eigenvalue weighted by atomic mass is 16.4. The van der Waals surface area contributed by atoms with Crippen molar-refractivity contribution in [2.24, 2.45) is 11.7 Å². The zero-order chi connectivity index (χ0) is 8.27. The smallest absolute Gasteiger partial charge is 0.321 e. The third-order valence-electron chi connectivity index (χ3n) is 1.52. The van der Waals surface area contributed by atoms with Crippen LogP contribution in [0.3, 0.4) is 0 Å². The largest absolute Gasteiger partial charge is 0.480 e. The molecule has 0 aliphatic heterocycles. The van der Waals surface area contributed by atoms with Crippen LogP contribution < -0.4 is 5.73 Å². The van der Waals surface area contributed by atoms with Crippen molar-refractivity contribution in [1.82, 2.24) is 0 Å². The molecule has 1 saturated carbocycles. The van der Waals surface area contributed by atoms with Crippen LogP contribution in [0.2, 0.25) is 0 Å². The van der Waals surface area contributed by atoms with Crippen molar-refractivity contribution in [3.05, 3.63) is 0 Å². The van der Waals surface area contributed by atoms with Crippen molar-refractivity contribution >= 4 is 5.97 Å². The third kappa shape index (κ3) is 3.06. The van der Waals surface area contributed by atoms with E-state index in [4.69, 9.17) is 10.8 Å². The van der Waals surface area contributed by atoms with E-state index >= 15 is 0 Å². The number of rotatable bonds is 2. The highest BCUT2D eigenvalue weighted by Crippen LogP contribution is 2.27. The van der Waals surface area contributed by atoms with Gasteiger partial charge in [0.25, 0.3) is 0 Å². The zero-order valence-electron chi connectivity index (χ0n) is 6.21. The normalized spacial score (nSPS) is 18.3. The van der Waals surface area contributed by atoms with E-state index in [9.17, 15) is 4.79 Å². The summed E-state index contributed by atoms with van der Waals surface area (Å²) in [6.45, 7) is 0. The molecule has 0 heterocycles. The quantitative estimate of drug-likeness (QED) is 0.557. The predicted octanol–water partition coefficient (Wildman–Crippen LogP) is 0.202. The Hall–Kier alpha value is -1.01. The van der Waals surface area contributed by atoms with Gasteiger partial charge < -0.3 is 10.8 Å². The van der Waals surface area contributed by atoms with Crippen molar-refractivity contribution in [1.29, 1.82) is 0 Å². The Bertz CT molecular complexity index is 210. The van der Waals surface area contributed by atoms with Crippen LogP contribution in [0.25, 0.3) is 0 Å². The average Bonchev–Trinajstić information content (AvgIpc) is 2.71. The van der Waals surface area contributed by atoms with Gasteiger partial charge in [-0.1, -0.05) is 5.92 Å². The summed E-state index contributed by atoms with van der Waals surface area (Å²) in [5, 5.41) is 8.37. The molecule has 0 saturated heterocycles. The van der Waals surface area contributed by atoms with Gasteiger partial charge in [0, 0.05) is 12.3 Å². The van der Waals surface area contributed by atoms with E-state index in [2.05, 4.69) is 11.8 Å². The van der Waals surface area contributed by atoms with E-state index in [1.165, 1.54) is 0 Å². The number of hydrogen-bond acceptors (Lipinski definition) is 2. The summed E-state index contributed by atoms with van der Waals surface area (Å²) in [6, 6.07) is -0.818. The van der Waals surface area contributed by atoms with Crippen LogP contribution >= 0.6 is 0 Å². The van der Waals surface area contributed by atoms with Crippen LogP contribution in [0.5, 0.6) is 0 Å². The molecule has 0 aromatic heterocycles. The molecule has 60 valence electrons. The van der Waals surface area contributed by atoms with Crippen LogP contribution in [0, 0.1) is 17.8 Å². The second-order valence-corrected chi connectivity index (χ2v) is 2.74. The molecule has 0 amide bonds. The van der Waals surface area contributed by atoms with Gasteiger partial charge >= 0.3 is 5.97 Å². The van der Waals surface area contributed by atoms with E-state index in [0.717, 1.165) is 12.8 Å². The Labute approximate surface area is 65.6 Å². The lowest BCUT2D eigenvalue weighted by molar-refractivity contribution is -0.138. The molecular weight excluding hydrogens is 142 g/mol. The number of nitrogens with two attached hydrogens (primary N) is 1. The predicted molar refractivity (Wildman–Crippen MR) is 40.7 cm³/mol. The van der Waals surface area contributed by atoms with Crippen molar-refractivity contribution in [3.8, 4) is 11.8 Å². The monoisotopic (exact) mass is 153 g/mol. The van der Waals surface area contributed by atoms with Gasteiger partial charge in [-0.15, -0.1) is 5.92 Å². The van der Waals surface area contributed by atoms with Crippen molar-refractivity contribution in [2.45, 2.75) is 25.3 Å². The van der Waals surface area contributed by atoms with Crippen molar-refractivity contribution < 1.29 is 9.90 Å². The van der Waals surface area contributed by atoms with Gasteiger partial charge in [-0.3, -0.25) is 4.79 Å². The van der Waals surface area contributed by atoms with Crippen LogP contribution in [-0.2, 0) is 4.79 Å². The topological polar surface area (TPSA) is 63.3 Å². The lowest BCUT2D eigenvalue weighted by Crippen LogP contribution is -2.29. The number of carboxylic acid groups (broad SMARTS) is 1. The zero-order valence-corrected chi connectivity index (χ0v) is 6.21. The number of carboxylic acids is 1. The minimum absolute atomic E-state index is 0.270. The van der Waals surface area contributed by atoms with Gasteiger partial charge in [0.1, 0.15) is 6.04 Å². The molecule has 1 atom stereocenters. The molecular formula is C8H11NO2. The average molecular weight is 153 g/mol. The standard InChI is InChI=1S/C8H11NO2/c9-7(8(10)11)3-1-2-6-4-5-6/h6-7H,3-5,9H2,(H,10,11). The van der Waals surface area contributed by atoms with Gasteiger partial charge in [0.2, 0.25) is 0 Å². The van der Waals surface area contributed by atoms with Gasteiger partial charge in [-0.25, -0.2) is 0 Å². The lowest BCUT2D eigenvalue weighted by atomic mass is 10.2. The Morgan fingerprint density at radius 3 is 2.82 bits per heavy atom. The molecule has 0 radical (unpaired) electrons. The highest BCUT2D eigenvalue weighted by Gasteiger charge is 2.18. The number of carbonyl (C=O) groups is 1. The lowest BCUT2D eigenvalue weighted by Gasteiger charge is -1.97. The van der Waals surface area contributed by atoms with E-state index in [1.807, 2.05) is 0 Å². The highest BCUT2D eigenvalue weighted by molar-refractivity contribution is 5.73. The summed E-state index contributed by atoms with van der Waals surface area (Å²) in [7, 11) is 0. The molecule has 1 unspecified atom stereocenters. The minimum atomic E-state index is -0.977. The fourth-order valence-electron chi connectivity index (χ4n) is 0.628. The fourth-order valence-corrected chi connectivity index (χ4v) is 0.628. The van der Waals surface area contributed by atoms with E-state index in [0.29, 0.717) is 5.92 Å². The third-order valence-corrected chi connectivity index (χ3v) is 1.52. The number of aliphatic carboxylic acids is 1. The molecule has 0 aromatic carbocycles. The minimum Gasteiger partial charge on any atom is -0.480 e. The molecule has 11 heavy (non-hydrogen) atoms. The van der Waals surface area contributed by atoms with E-state index < -0.39 is 12.0 Å². The Kier molecular flexibility index (Phi) is 2.50. The molecule has 1 aliphatic carbocycles. The molecule has 1 aliphatic rings. The van der Waals surface area contributed by atoms with Crippen LogP contribution in [-0.4, -0.2) is 17.1 Å². The first kappa shape index (κ1) is 8.09. The van der Waals surface area contributed by atoms with Gasteiger partial charge in [-0.2, -0.15) is 0 Å². The maximum atomic E-state index is 10.2. The van der Waals surface area contributed by atoms with Crippen LogP contribution in [0.4, 0.5) is 0 Å². The second-order valence-electron chi connectivity index (χ2n) is 2.74. The van der Waals surface area contributed by atoms with Gasteiger partial charge in [0.15, 0.2) is 0 Å². The first-order chi connectivity index (χ1) is 5.20. The van der Waals surface area contributed by atoms with E-state index in [1.54, 1.807) is 0 Å². The molecule has 3 heteroatoms. The number of hydrogen-bond donors (Lipinski definition) is 2. The second kappa shape index (κ2) is 3.40. The first-order valence-electron chi connectivity index (χ1n) is 3.67. The van der Waals surface area contributed by atoms with Crippen molar-refractivity contribution in [3.63, 3.8) is 0 Å². The fraction of sp³-hybridized carbons (Fsp3) is 0.625. The molecule has 3 nitrogen and oxygen atoms in total. The molecule has 0 spiro atoms. The summed E-state index contributed by atoms with van der Waals surface area (Å²) in [6.07, 6.45) is 2.59. The summed E-state index contributed by atoms with van der Waals surface area (Å²) in [5.74, 6) is 5.27. The van der Waals surface area contributed by atoms with Crippen LogP contribution in [0.15, 0.2) is 0 Å². The molecule has 3 N–H and O–H groups in total. The maximum Gasteiger partial charge on any atom is 0.321 e. The summed E-state index contributed by atoms with van der Waals surface area (Å²) in [5.41, 5.74) is 5.22. The summed E-state index contributed by atoms with van der Waals surface area (Å²) >= 11 is 0. The van der Waals surface area contributed by atoms with Crippen molar-refractivity contribution in [2.75, 3.05) is 0 Å². The summed E-state index contributed by atoms with van der Waals surface area (Å²) in [4.78, 5) is 10.2. The molecule has 1 rings (SSSR count). The molecule has 0 aromatic rings. The van der Waals surface area contributed by atoms with E-state index in [-0.39, 0.29) is 6.42 Å². The maximum absolute atomic E-state index is 10.2. The SMILES string of the molecule is NC(CC#CC1CC1)C(=O)O. The van der Waals surface area contributed by atoms with Crippen LogP contribution in [0.1, 0.15) is 19.3 Å². The van der Waals surface area contributed by atoms with Gasteiger partial charge in [-0.05, 0) is 12.8 Å². The Morgan fingerprint density at radius 1 is 1.73 bits per heavy atom. The van der Waals surface area contributed by atoms with Gasteiger partial charge in [0.05, 0.1) is 0 Å². The first-order valence-corrected chi connectivity index (χ1v) is 3.67. The Balaban J connectivity index is 2.20. The molecule has 0 bridgehead atoms.